The largest absolute Gasteiger partial charge is 0.481 e. The van der Waals surface area contributed by atoms with Gasteiger partial charge < -0.3 is 105 Å². The van der Waals surface area contributed by atoms with E-state index in [9.17, 15) is 53.4 Å². The zero-order valence-electron chi connectivity index (χ0n) is 56.8. The van der Waals surface area contributed by atoms with Crippen LogP contribution in [0, 0.1) is 0 Å². The number of aliphatic carboxylic acids is 1. The third kappa shape index (κ3) is 31.7. The number of para-hydroxylation sites is 2. The van der Waals surface area contributed by atoms with Gasteiger partial charge in [0.05, 0.1) is 125 Å². The van der Waals surface area contributed by atoms with E-state index in [2.05, 4.69) is 52.9 Å². The number of carboxylic acids is 1. The molecule has 6 aromatic rings. The van der Waals surface area contributed by atoms with E-state index >= 15 is 0 Å². The van der Waals surface area contributed by atoms with E-state index in [1.807, 2.05) is 71.5 Å². The van der Waals surface area contributed by atoms with Crippen LogP contribution in [-0.4, -0.2) is 241 Å². The molecule has 0 unspecified atom stereocenters. The molecule has 0 fully saturated rings. The summed E-state index contributed by atoms with van der Waals surface area (Å²) >= 11 is 0. The maximum absolute atomic E-state index is 12.9. The van der Waals surface area contributed by atoms with Crippen LogP contribution in [0.1, 0.15) is 80.4 Å². The zero-order chi connectivity index (χ0) is 72.0. The van der Waals surface area contributed by atoms with E-state index in [1.54, 1.807) is 27.7 Å². The van der Waals surface area contributed by atoms with Gasteiger partial charge in [0.15, 0.2) is 17.4 Å². The van der Waals surface area contributed by atoms with Crippen LogP contribution >= 0.6 is 0 Å². The molecule has 0 aliphatic rings. The second-order valence-electron chi connectivity index (χ2n) is 22.6. The molecule has 4 aromatic heterocycles. The quantitative estimate of drug-likeness (QED) is 0.0238. The summed E-state index contributed by atoms with van der Waals surface area (Å²) in [7, 11) is 1.50. The van der Waals surface area contributed by atoms with Crippen LogP contribution in [0.2, 0.25) is 0 Å². The number of imidazole rings is 2. The maximum atomic E-state index is 12.9. The standard InChI is InChI=1S/C33H47N7O10.C30H42N6O10.CH5N.CH4/c1-5-47-18-26-38-30-31(40(26)21-33(3,4)46)24-8-6-7-9-25(24)37-32(30)39-27(43)17-36-29(45)20-50-15-13-48-12-14-49-19-28(44)34-11-10-23(42)16-35-22(2)41;1-4-43-16-22-34-27-28(36(22)19-30(2,3)42)20-7-5-6-8-21(20)33-29(27)35-23(37)15-32-25(39)18-46-14-12-44-11-13-45-17-24(38)31-10-9-26(40)41;1-2;/h6-9,46H,5,10-21H2,1-4H3,(H,34,44)(H,35,41)(H,36,45)(H,37,39,43);5-8,42H,4,9-19H2,1-3H3,(H,31,38)(H,32,39)(H,40,41)(H,33,35,37);2H2,1H3;1H4. The monoisotopic (exact) mass is 1390 g/mol. The van der Waals surface area contributed by atoms with Crippen molar-refractivity contribution in [3.63, 3.8) is 0 Å². The van der Waals surface area contributed by atoms with Gasteiger partial charge in [-0.1, -0.05) is 43.8 Å². The molecule has 0 spiro atoms. The lowest BCUT2D eigenvalue weighted by Crippen LogP contribution is -2.35. The number of fused-ring (bicyclic) bond motifs is 6. The average molecular weight is 1400 g/mol. The molecule has 99 heavy (non-hydrogen) atoms. The van der Waals surface area contributed by atoms with Gasteiger partial charge in [0.1, 0.15) is 62.3 Å². The van der Waals surface area contributed by atoms with Gasteiger partial charge in [-0.3, -0.25) is 43.2 Å². The molecule has 548 valence electrons. The van der Waals surface area contributed by atoms with E-state index in [0.29, 0.717) is 58.0 Å². The van der Waals surface area contributed by atoms with Crippen molar-refractivity contribution < 1.29 is 96.4 Å². The number of benzene rings is 2. The fourth-order valence-electron chi connectivity index (χ4n) is 8.87. The lowest BCUT2D eigenvalue weighted by molar-refractivity contribution is -0.137. The van der Waals surface area contributed by atoms with Gasteiger partial charge in [0, 0.05) is 50.4 Å². The number of aliphatic hydroxyl groups is 2. The number of hydrogen-bond acceptors (Lipinski definition) is 24. The Morgan fingerprint density at radius 3 is 1.18 bits per heavy atom. The van der Waals surface area contributed by atoms with Gasteiger partial charge >= 0.3 is 5.97 Å². The first-order valence-electron chi connectivity index (χ1n) is 31.7. The Morgan fingerprint density at radius 2 is 0.828 bits per heavy atom. The number of aromatic nitrogens is 6. The predicted octanol–water partition coefficient (Wildman–Crippen LogP) is 1.01. The van der Waals surface area contributed by atoms with Crippen molar-refractivity contribution in [2.24, 2.45) is 5.73 Å². The van der Waals surface area contributed by atoms with Gasteiger partial charge in [0.2, 0.25) is 41.4 Å². The fraction of sp³-hybridized carbons (Fsp3) is 0.554. The molecule has 4 heterocycles. The summed E-state index contributed by atoms with van der Waals surface area (Å²) in [5.41, 5.74) is 5.89. The van der Waals surface area contributed by atoms with Crippen LogP contribution in [-0.2, 0) is 107 Å². The maximum Gasteiger partial charge on any atom is 0.305 e. The summed E-state index contributed by atoms with van der Waals surface area (Å²) in [6.07, 6.45) is -0.0672. The van der Waals surface area contributed by atoms with Crippen LogP contribution in [0.15, 0.2) is 48.5 Å². The van der Waals surface area contributed by atoms with Crippen molar-refractivity contribution in [2.45, 2.75) is 106 Å². The molecule has 0 saturated carbocycles. The number of nitrogens with zero attached hydrogens (tertiary/aromatic N) is 6. The number of ketones is 1. The molecule has 0 saturated heterocycles. The highest BCUT2D eigenvalue weighted by Crippen LogP contribution is 2.33. The minimum Gasteiger partial charge on any atom is -0.481 e. The molecule has 6 rings (SSSR count). The molecule has 2 aromatic carbocycles. The van der Waals surface area contributed by atoms with Gasteiger partial charge in [-0.05, 0) is 60.7 Å². The number of hydrogen-bond donors (Lipinski definition) is 11. The number of nitrogens with one attached hydrogen (secondary N) is 7. The van der Waals surface area contributed by atoms with Gasteiger partial charge in [-0.15, -0.1) is 0 Å². The highest BCUT2D eigenvalue weighted by molar-refractivity contribution is 6.11. The van der Waals surface area contributed by atoms with E-state index < -0.39 is 46.7 Å². The first-order valence-corrected chi connectivity index (χ1v) is 31.7. The molecule has 0 aliphatic carbocycles. The molecule has 0 aliphatic heterocycles. The number of ether oxygens (including phenoxy) is 8. The van der Waals surface area contributed by atoms with E-state index in [1.165, 1.54) is 14.0 Å². The summed E-state index contributed by atoms with van der Waals surface area (Å²) < 4.78 is 46.6. The minimum atomic E-state index is -1.06. The number of carbonyl (C=O) groups is 9. The van der Waals surface area contributed by atoms with Crippen LogP contribution in [0.25, 0.3) is 43.9 Å². The van der Waals surface area contributed by atoms with Crippen LogP contribution in [0.5, 0.6) is 0 Å². The highest BCUT2D eigenvalue weighted by atomic mass is 16.6. The van der Waals surface area contributed by atoms with Gasteiger partial charge in [-0.2, -0.15) is 0 Å². The number of amides is 7. The number of carbonyl (C=O) groups excluding carboxylic acids is 8. The SMILES string of the molecule is C.CCOCc1nc2c(NC(=O)CNC(=O)COCCOCCOCC(=O)NCCC(=O)CNC(C)=O)nc3ccccc3c2n1CC(C)(C)O.CCOCc1nc2c(NC(=O)CNC(=O)COCCOCCOCC(=O)NCCC(=O)O)nc3ccccc3c2n1CC(C)(C)O.CN. The summed E-state index contributed by atoms with van der Waals surface area (Å²) in [6.45, 7) is 13.4. The molecular formula is C65H98N14O20. The van der Waals surface area contributed by atoms with Crippen LogP contribution in [0.3, 0.4) is 0 Å². The molecular weight excluding hydrogens is 1300 g/mol. The summed E-state index contributed by atoms with van der Waals surface area (Å²) in [6, 6.07) is 14.9. The minimum absolute atomic E-state index is 0. The molecule has 0 bridgehead atoms. The summed E-state index contributed by atoms with van der Waals surface area (Å²) in [5.74, 6) is -2.75. The third-order valence-corrected chi connectivity index (χ3v) is 13.0. The van der Waals surface area contributed by atoms with E-state index in [0.717, 1.165) is 10.8 Å². The Bertz CT molecular complexity index is 3570. The number of Topliss-reactive ketones (excluding diaryl/α,β-unsaturated/α-hetero) is 1. The Kier molecular flexibility index (Phi) is 38.4. The van der Waals surface area contributed by atoms with E-state index in [-0.39, 0.29) is 188 Å². The topological polar surface area (TPSA) is 460 Å². The second-order valence-corrected chi connectivity index (χ2v) is 22.6. The highest BCUT2D eigenvalue weighted by Gasteiger charge is 2.26. The molecule has 0 radical (unpaired) electrons. The van der Waals surface area contributed by atoms with Crippen molar-refractivity contribution in [2.75, 3.05) is 143 Å². The number of pyridine rings is 2. The van der Waals surface area contributed by atoms with Crippen molar-refractivity contribution in [3.8, 4) is 0 Å². The number of nitrogens with two attached hydrogens (primary N) is 1. The molecule has 0 atom stereocenters. The normalized spacial score (nSPS) is 11.2. The average Bonchev–Trinajstić information content (AvgIpc) is 1.63. The predicted molar refractivity (Wildman–Crippen MR) is 365 cm³/mol. The first kappa shape index (κ1) is 84.4. The lowest BCUT2D eigenvalue weighted by atomic mass is 10.1. The summed E-state index contributed by atoms with van der Waals surface area (Å²) in [4.78, 5) is 125. The van der Waals surface area contributed by atoms with E-state index in [4.69, 9.17) is 53.0 Å². The Labute approximate surface area is 573 Å². The zero-order valence-corrected chi connectivity index (χ0v) is 56.8. The molecule has 34 heteroatoms. The van der Waals surface area contributed by atoms with Crippen LogP contribution < -0.4 is 43.0 Å². The smallest absolute Gasteiger partial charge is 0.305 e. The van der Waals surface area contributed by atoms with Gasteiger partial charge in [0.25, 0.3) is 0 Å². The lowest BCUT2D eigenvalue weighted by Gasteiger charge is -2.20. The Morgan fingerprint density at radius 1 is 0.475 bits per heavy atom. The Balaban J connectivity index is 0.000000499. The van der Waals surface area contributed by atoms with Crippen LogP contribution in [0.4, 0.5) is 11.6 Å². The van der Waals surface area contributed by atoms with Crippen molar-refractivity contribution in [3.05, 3.63) is 60.2 Å². The first-order chi connectivity index (χ1) is 46.9. The molecule has 12 N–H and O–H groups in total. The van der Waals surface area contributed by atoms with Crippen molar-refractivity contribution in [1.82, 2.24) is 55.7 Å². The Hall–Kier alpha value is -8.81. The second kappa shape index (κ2) is 45.0. The van der Waals surface area contributed by atoms with Gasteiger partial charge in [-0.25, -0.2) is 19.9 Å². The summed E-state index contributed by atoms with van der Waals surface area (Å²) in [5, 5.41) is 49.3. The third-order valence-electron chi connectivity index (χ3n) is 13.0. The van der Waals surface area contributed by atoms with Crippen molar-refractivity contribution >= 4 is 109 Å². The number of carboxylic acid groups (broad SMARTS) is 1. The number of anilines is 2. The molecule has 7 amide bonds. The van der Waals surface area contributed by atoms with Crippen molar-refractivity contribution in [1.29, 1.82) is 0 Å². The fourth-order valence-corrected chi connectivity index (χ4v) is 8.87. The molecule has 34 nitrogen and oxygen atoms in total. The number of rotatable bonds is 44.